The van der Waals surface area contributed by atoms with Crippen LogP contribution in [0.15, 0.2) is 23.3 Å². The summed E-state index contributed by atoms with van der Waals surface area (Å²) in [5, 5.41) is 8.08. The third kappa shape index (κ3) is 1.54. The summed E-state index contributed by atoms with van der Waals surface area (Å²) in [5.41, 5.74) is 1.72. The van der Waals surface area contributed by atoms with E-state index in [0.29, 0.717) is 11.3 Å². The van der Waals surface area contributed by atoms with Crippen molar-refractivity contribution in [2.45, 2.75) is 19.4 Å². The fraction of sp³-hybridized carbons (Fsp3) is 0.429. The highest BCUT2D eigenvalue weighted by molar-refractivity contribution is 6.02. The van der Waals surface area contributed by atoms with E-state index >= 15 is 0 Å². The van der Waals surface area contributed by atoms with Crippen LogP contribution >= 0.6 is 0 Å². The average molecular weight is 271 g/mol. The molecule has 0 radical (unpaired) electrons. The zero-order valence-corrected chi connectivity index (χ0v) is 11.3. The van der Waals surface area contributed by atoms with Crippen LogP contribution < -0.4 is 10.9 Å². The van der Waals surface area contributed by atoms with Crippen molar-refractivity contribution in [2.24, 2.45) is 5.92 Å². The highest BCUT2D eigenvalue weighted by Crippen LogP contribution is 2.28. The van der Waals surface area contributed by atoms with Crippen LogP contribution in [-0.2, 0) is 0 Å². The van der Waals surface area contributed by atoms with E-state index in [1.54, 1.807) is 6.20 Å². The first-order valence-corrected chi connectivity index (χ1v) is 7.02. The summed E-state index contributed by atoms with van der Waals surface area (Å²) in [4.78, 5) is 19.6. The number of aromatic nitrogens is 4. The first kappa shape index (κ1) is 11.7. The minimum Gasteiger partial charge on any atom is -0.346 e. The van der Waals surface area contributed by atoms with Gasteiger partial charge in [0.15, 0.2) is 0 Å². The highest BCUT2D eigenvalue weighted by atomic mass is 16.1. The molecule has 3 aromatic rings. The number of hydrogen-bond donors (Lipinski definition) is 3. The summed E-state index contributed by atoms with van der Waals surface area (Å²) < 4.78 is 2.03. The first-order valence-electron chi connectivity index (χ1n) is 7.02. The molecule has 6 heteroatoms. The van der Waals surface area contributed by atoms with Crippen molar-refractivity contribution < 1.29 is 0 Å². The SMILES string of the molecule is C[C@@H]1CCNC[C@@H]1n1[nH]c(=O)c2cnc3[nH]ccc3c21. The third-order valence-corrected chi connectivity index (χ3v) is 4.38. The fourth-order valence-electron chi connectivity index (χ4n) is 3.21. The van der Waals surface area contributed by atoms with Gasteiger partial charge in [0.25, 0.3) is 5.56 Å². The number of nitrogens with one attached hydrogen (secondary N) is 3. The molecule has 20 heavy (non-hydrogen) atoms. The second kappa shape index (κ2) is 4.21. The predicted octanol–water partition coefficient (Wildman–Crippen LogP) is 1.38. The van der Waals surface area contributed by atoms with Crippen LogP contribution in [0.1, 0.15) is 19.4 Å². The summed E-state index contributed by atoms with van der Waals surface area (Å²) in [5.74, 6) is 0.532. The summed E-state index contributed by atoms with van der Waals surface area (Å²) in [6, 6.07) is 2.25. The lowest BCUT2D eigenvalue weighted by Gasteiger charge is -2.30. The van der Waals surface area contributed by atoms with E-state index in [0.717, 1.165) is 36.1 Å². The molecule has 0 aromatic carbocycles. The molecule has 0 amide bonds. The Balaban J connectivity index is 2.03. The molecular formula is C14H17N5O. The maximum Gasteiger partial charge on any atom is 0.273 e. The van der Waals surface area contributed by atoms with Crippen molar-refractivity contribution in [1.82, 2.24) is 25.1 Å². The molecule has 6 nitrogen and oxygen atoms in total. The van der Waals surface area contributed by atoms with Crippen molar-refractivity contribution in [3.05, 3.63) is 28.8 Å². The van der Waals surface area contributed by atoms with Gasteiger partial charge in [-0.3, -0.25) is 14.6 Å². The Morgan fingerprint density at radius 1 is 1.40 bits per heavy atom. The molecule has 1 fully saturated rings. The second-order valence-electron chi connectivity index (χ2n) is 5.61. The van der Waals surface area contributed by atoms with E-state index in [4.69, 9.17) is 0 Å². The van der Waals surface area contributed by atoms with Crippen LogP contribution in [0, 0.1) is 5.92 Å². The van der Waals surface area contributed by atoms with E-state index in [1.807, 2.05) is 16.9 Å². The number of aromatic amines is 2. The summed E-state index contributed by atoms with van der Waals surface area (Å²) in [6.07, 6.45) is 4.64. The number of fused-ring (bicyclic) bond motifs is 3. The quantitative estimate of drug-likeness (QED) is 0.625. The van der Waals surface area contributed by atoms with Crippen LogP contribution in [0.5, 0.6) is 0 Å². The molecule has 0 bridgehead atoms. The minimum absolute atomic E-state index is 0.0617. The molecule has 2 atom stereocenters. The number of nitrogens with zero attached hydrogens (tertiary/aromatic N) is 2. The molecule has 3 aromatic heterocycles. The van der Waals surface area contributed by atoms with Crippen molar-refractivity contribution in [2.75, 3.05) is 13.1 Å². The maximum absolute atomic E-state index is 12.2. The van der Waals surface area contributed by atoms with E-state index < -0.39 is 0 Å². The molecule has 4 rings (SSSR count). The number of H-pyrrole nitrogens is 2. The molecule has 0 spiro atoms. The second-order valence-corrected chi connectivity index (χ2v) is 5.61. The van der Waals surface area contributed by atoms with E-state index in [9.17, 15) is 4.79 Å². The van der Waals surface area contributed by atoms with Crippen molar-refractivity contribution in [1.29, 1.82) is 0 Å². The van der Waals surface area contributed by atoms with Gasteiger partial charge in [-0.2, -0.15) is 0 Å². The maximum atomic E-state index is 12.2. The Bertz CT molecular complexity index is 827. The van der Waals surface area contributed by atoms with Crippen LogP contribution in [0.3, 0.4) is 0 Å². The number of piperidine rings is 1. The standard InChI is InChI=1S/C14H17N5O/c1-8-2-4-15-7-11(8)19-12-9-3-5-16-13(9)17-6-10(12)14(20)18-19/h3,5-6,8,11,15H,2,4,7H2,1H3,(H,16,17)(H,18,20)/t8-,11+/m1/s1. The molecule has 4 heterocycles. The van der Waals surface area contributed by atoms with Crippen molar-refractivity contribution in [3.8, 4) is 0 Å². The Hall–Kier alpha value is -2.08. The smallest absolute Gasteiger partial charge is 0.273 e. The van der Waals surface area contributed by atoms with Gasteiger partial charge in [0, 0.05) is 24.3 Å². The van der Waals surface area contributed by atoms with Crippen LogP contribution in [0.2, 0.25) is 0 Å². The molecule has 104 valence electrons. The lowest BCUT2D eigenvalue weighted by Crippen LogP contribution is -2.37. The number of hydrogen-bond acceptors (Lipinski definition) is 3. The lowest BCUT2D eigenvalue weighted by molar-refractivity contribution is 0.262. The third-order valence-electron chi connectivity index (χ3n) is 4.38. The van der Waals surface area contributed by atoms with Gasteiger partial charge in [0.2, 0.25) is 0 Å². The fourth-order valence-corrected chi connectivity index (χ4v) is 3.21. The minimum atomic E-state index is -0.0617. The monoisotopic (exact) mass is 271 g/mol. The predicted molar refractivity (Wildman–Crippen MR) is 77.9 cm³/mol. The van der Waals surface area contributed by atoms with Gasteiger partial charge in [0.05, 0.1) is 16.9 Å². The van der Waals surface area contributed by atoms with Crippen LogP contribution in [0.25, 0.3) is 21.9 Å². The van der Waals surface area contributed by atoms with E-state index in [-0.39, 0.29) is 11.6 Å². The highest BCUT2D eigenvalue weighted by Gasteiger charge is 2.26. The number of pyridine rings is 1. The molecule has 3 N–H and O–H groups in total. The van der Waals surface area contributed by atoms with Gasteiger partial charge in [0.1, 0.15) is 5.65 Å². The van der Waals surface area contributed by atoms with Gasteiger partial charge in [-0.15, -0.1) is 0 Å². The molecule has 0 saturated carbocycles. The van der Waals surface area contributed by atoms with Crippen molar-refractivity contribution >= 4 is 21.9 Å². The molecule has 1 aliphatic rings. The average Bonchev–Trinajstić information content (AvgIpc) is 3.04. The topological polar surface area (TPSA) is 78.5 Å². The Morgan fingerprint density at radius 2 is 2.30 bits per heavy atom. The first-order chi connectivity index (χ1) is 9.75. The van der Waals surface area contributed by atoms with Gasteiger partial charge in [-0.25, -0.2) is 4.98 Å². The largest absolute Gasteiger partial charge is 0.346 e. The molecular weight excluding hydrogens is 254 g/mol. The summed E-state index contributed by atoms with van der Waals surface area (Å²) in [6.45, 7) is 4.17. The van der Waals surface area contributed by atoms with Gasteiger partial charge in [-0.1, -0.05) is 6.92 Å². The van der Waals surface area contributed by atoms with Gasteiger partial charge in [-0.05, 0) is 24.9 Å². The Morgan fingerprint density at radius 3 is 3.15 bits per heavy atom. The Kier molecular flexibility index (Phi) is 2.47. The normalized spacial score (nSPS) is 23.6. The van der Waals surface area contributed by atoms with Crippen molar-refractivity contribution in [3.63, 3.8) is 0 Å². The Labute approximate surface area is 115 Å². The molecule has 0 aliphatic carbocycles. The number of rotatable bonds is 1. The summed E-state index contributed by atoms with van der Waals surface area (Å²) in [7, 11) is 0. The van der Waals surface area contributed by atoms with Crippen LogP contribution in [0.4, 0.5) is 0 Å². The van der Waals surface area contributed by atoms with E-state index in [1.165, 1.54) is 0 Å². The van der Waals surface area contributed by atoms with Gasteiger partial charge >= 0.3 is 0 Å². The lowest BCUT2D eigenvalue weighted by atomic mass is 9.95. The molecule has 1 saturated heterocycles. The zero-order valence-electron chi connectivity index (χ0n) is 11.3. The van der Waals surface area contributed by atoms with Gasteiger partial charge < -0.3 is 10.3 Å². The molecule has 0 unspecified atom stereocenters. The molecule has 1 aliphatic heterocycles. The van der Waals surface area contributed by atoms with Crippen LogP contribution in [-0.4, -0.2) is 32.8 Å². The summed E-state index contributed by atoms with van der Waals surface area (Å²) >= 11 is 0. The zero-order chi connectivity index (χ0) is 13.7. The van der Waals surface area contributed by atoms with E-state index in [2.05, 4.69) is 27.3 Å².